The van der Waals surface area contributed by atoms with Gasteiger partial charge >= 0.3 is 5.97 Å². The first-order valence-corrected chi connectivity index (χ1v) is 20.0. The van der Waals surface area contributed by atoms with Gasteiger partial charge in [-0.05, 0) is 78.1 Å². The third kappa shape index (κ3) is 10.2. The fraction of sp³-hybridized carbons (Fsp3) is 0.190. The number of thioether (sulfide) groups is 1. The summed E-state index contributed by atoms with van der Waals surface area (Å²) in [6, 6.07) is 30.7. The molecule has 55 heavy (non-hydrogen) atoms. The van der Waals surface area contributed by atoms with Gasteiger partial charge in [0.05, 0.1) is 17.9 Å². The van der Waals surface area contributed by atoms with Crippen molar-refractivity contribution in [2.24, 2.45) is 0 Å². The lowest BCUT2D eigenvalue weighted by atomic mass is 10.0. The van der Waals surface area contributed by atoms with Crippen molar-refractivity contribution >= 4 is 86.8 Å². The van der Waals surface area contributed by atoms with Crippen molar-refractivity contribution in [3.63, 3.8) is 0 Å². The molecule has 0 fully saturated rings. The first-order valence-electron chi connectivity index (χ1n) is 17.5. The molecule has 0 aliphatic carbocycles. The first-order chi connectivity index (χ1) is 26.6. The average Bonchev–Trinajstić information content (AvgIpc) is 3.54. The summed E-state index contributed by atoms with van der Waals surface area (Å²) in [4.78, 5) is 57.7. The number of halogens is 2. The Morgan fingerprint density at radius 2 is 1.67 bits per heavy atom. The smallest absolute Gasteiger partial charge is 0.341 e. The number of esters is 1. The van der Waals surface area contributed by atoms with E-state index in [1.165, 1.54) is 41.8 Å². The first kappa shape index (κ1) is 39.8. The van der Waals surface area contributed by atoms with Gasteiger partial charge in [-0.3, -0.25) is 19.3 Å². The summed E-state index contributed by atoms with van der Waals surface area (Å²) < 4.78 is 5.16. The summed E-state index contributed by atoms with van der Waals surface area (Å²) in [5.41, 5.74) is 3.83. The standard InChI is InChI=1S/C42H38Cl2N4O5S2/c1-3-35(40(51)47-41-37(42(52)53-2)32-19-20-48(25-36(32)55-41)24-26-11-6-4-7-12-26)54-31-16-10-15-30(23-31)45-39(50)34(21-28-17-18-29(43)22-33(28)44)46-38(49)27-13-8-5-9-14-27/h4-18,21-23,35H,3,19-20,24-25H2,1-2H3,(H,45,50)(H,46,49)(H,47,51)/b34-21+. The van der Waals surface area contributed by atoms with E-state index in [0.717, 1.165) is 28.4 Å². The molecule has 6 rings (SSSR count). The number of methoxy groups -OCH3 is 1. The number of amides is 3. The van der Waals surface area contributed by atoms with Crippen LogP contribution in [0.3, 0.4) is 0 Å². The maximum atomic E-state index is 13.8. The largest absolute Gasteiger partial charge is 0.465 e. The summed E-state index contributed by atoms with van der Waals surface area (Å²) in [6.07, 6.45) is 2.65. The highest BCUT2D eigenvalue weighted by atomic mass is 35.5. The van der Waals surface area contributed by atoms with Gasteiger partial charge in [-0.1, -0.05) is 90.8 Å². The molecule has 1 aliphatic heterocycles. The number of hydrogen-bond acceptors (Lipinski definition) is 8. The second-order valence-corrected chi connectivity index (χ2v) is 15.9. The molecule has 1 atom stereocenters. The molecule has 13 heteroatoms. The number of anilines is 2. The Bertz CT molecular complexity index is 2230. The molecule has 0 saturated heterocycles. The lowest BCUT2D eigenvalue weighted by molar-refractivity contribution is -0.116. The van der Waals surface area contributed by atoms with Gasteiger partial charge in [0.25, 0.3) is 11.8 Å². The Hall–Kier alpha value is -4.91. The summed E-state index contributed by atoms with van der Waals surface area (Å²) in [5.74, 6) is -1.78. The second-order valence-electron chi connectivity index (χ2n) is 12.7. The van der Waals surface area contributed by atoms with Gasteiger partial charge in [-0.2, -0.15) is 0 Å². The fourth-order valence-corrected chi connectivity index (χ4v) is 8.84. The summed E-state index contributed by atoms with van der Waals surface area (Å²) in [7, 11) is 1.35. The van der Waals surface area contributed by atoms with E-state index in [4.69, 9.17) is 27.9 Å². The maximum Gasteiger partial charge on any atom is 0.341 e. The number of thiophene rings is 1. The highest BCUT2D eigenvalue weighted by Gasteiger charge is 2.31. The Morgan fingerprint density at radius 1 is 0.927 bits per heavy atom. The van der Waals surface area contributed by atoms with E-state index in [1.807, 2.05) is 31.2 Å². The number of carbonyl (C=O) groups excluding carboxylic acids is 4. The second kappa shape index (κ2) is 18.6. The fourth-order valence-electron chi connectivity index (χ4n) is 6.08. The van der Waals surface area contributed by atoms with E-state index in [9.17, 15) is 19.2 Å². The Morgan fingerprint density at radius 3 is 2.38 bits per heavy atom. The van der Waals surface area contributed by atoms with Crippen LogP contribution in [0, 0.1) is 0 Å². The molecule has 1 aliphatic rings. The van der Waals surface area contributed by atoms with Crippen molar-refractivity contribution in [2.75, 3.05) is 24.3 Å². The number of fused-ring (bicyclic) bond motifs is 1. The van der Waals surface area contributed by atoms with Crippen LogP contribution in [0.4, 0.5) is 10.7 Å². The van der Waals surface area contributed by atoms with E-state index in [2.05, 4.69) is 33.0 Å². The van der Waals surface area contributed by atoms with Gasteiger partial charge in [-0.25, -0.2) is 4.79 Å². The van der Waals surface area contributed by atoms with Gasteiger partial charge in [0.1, 0.15) is 10.7 Å². The summed E-state index contributed by atoms with van der Waals surface area (Å²) >= 11 is 15.2. The number of carbonyl (C=O) groups is 4. The van der Waals surface area contributed by atoms with E-state index in [1.54, 1.807) is 66.7 Å². The minimum Gasteiger partial charge on any atom is -0.465 e. The van der Waals surface area contributed by atoms with E-state index in [-0.39, 0.29) is 11.6 Å². The predicted molar refractivity (Wildman–Crippen MR) is 222 cm³/mol. The lowest BCUT2D eigenvalue weighted by Crippen LogP contribution is -2.30. The third-order valence-electron chi connectivity index (χ3n) is 8.84. The van der Waals surface area contributed by atoms with Crippen LogP contribution in [0.1, 0.15) is 55.6 Å². The van der Waals surface area contributed by atoms with Crippen molar-refractivity contribution in [3.8, 4) is 0 Å². The van der Waals surface area contributed by atoms with Crippen molar-refractivity contribution in [1.29, 1.82) is 0 Å². The monoisotopic (exact) mass is 812 g/mol. The van der Waals surface area contributed by atoms with Gasteiger partial charge in [0.2, 0.25) is 5.91 Å². The van der Waals surface area contributed by atoms with Crippen LogP contribution < -0.4 is 16.0 Å². The third-order valence-corrected chi connectivity index (χ3v) is 11.9. The Labute approximate surface area is 338 Å². The number of hydrogen-bond donors (Lipinski definition) is 3. The molecule has 9 nitrogen and oxygen atoms in total. The molecule has 0 radical (unpaired) electrons. The van der Waals surface area contributed by atoms with Crippen LogP contribution in [0.5, 0.6) is 0 Å². The Balaban J connectivity index is 1.16. The number of rotatable bonds is 13. The summed E-state index contributed by atoms with van der Waals surface area (Å²) in [6.45, 7) is 4.15. The minimum atomic E-state index is -0.582. The van der Waals surface area contributed by atoms with E-state index >= 15 is 0 Å². The lowest BCUT2D eigenvalue weighted by Gasteiger charge is -2.27. The maximum absolute atomic E-state index is 13.8. The van der Waals surface area contributed by atoms with Gasteiger partial charge in [-0.15, -0.1) is 23.1 Å². The SMILES string of the molecule is CCC(Sc1cccc(NC(=O)/C(=C\c2ccc(Cl)cc2Cl)NC(=O)c2ccccc2)c1)C(=O)Nc1sc2c(c1C(=O)OC)CCN(Cc1ccccc1)C2. The molecular formula is C42H38Cl2N4O5S2. The average molecular weight is 814 g/mol. The topological polar surface area (TPSA) is 117 Å². The van der Waals surface area contributed by atoms with Crippen LogP contribution >= 0.6 is 46.3 Å². The molecule has 4 aromatic carbocycles. The molecule has 5 aromatic rings. The number of benzene rings is 4. The quantitative estimate of drug-likeness (QED) is 0.0617. The van der Waals surface area contributed by atoms with Crippen LogP contribution in [0.15, 0.2) is 114 Å². The van der Waals surface area contributed by atoms with E-state index < -0.39 is 23.0 Å². The Kier molecular flexibility index (Phi) is 13.5. The zero-order valence-corrected chi connectivity index (χ0v) is 33.2. The molecule has 3 N–H and O–H groups in total. The number of nitrogens with zero attached hydrogens (tertiary/aromatic N) is 1. The van der Waals surface area contributed by atoms with Gasteiger partial charge < -0.3 is 20.7 Å². The highest BCUT2D eigenvalue weighted by Crippen LogP contribution is 2.39. The zero-order valence-electron chi connectivity index (χ0n) is 30.1. The van der Waals surface area contributed by atoms with Gasteiger partial charge in [0, 0.05) is 50.7 Å². The van der Waals surface area contributed by atoms with Crippen molar-refractivity contribution < 1.29 is 23.9 Å². The van der Waals surface area contributed by atoms with Crippen molar-refractivity contribution in [1.82, 2.24) is 10.2 Å². The predicted octanol–water partition coefficient (Wildman–Crippen LogP) is 9.32. The van der Waals surface area contributed by atoms with Crippen LogP contribution in [0.2, 0.25) is 10.0 Å². The van der Waals surface area contributed by atoms with Crippen LogP contribution in [0.25, 0.3) is 6.08 Å². The van der Waals surface area contributed by atoms with Crippen molar-refractivity contribution in [2.45, 2.75) is 43.0 Å². The van der Waals surface area contributed by atoms with E-state index in [0.29, 0.717) is 56.8 Å². The highest BCUT2D eigenvalue weighted by molar-refractivity contribution is 8.00. The minimum absolute atomic E-state index is 0.0369. The summed E-state index contributed by atoms with van der Waals surface area (Å²) in [5, 5.41) is 9.33. The molecule has 1 aromatic heterocycles. The van der Waals surface area contributed by atoms with Gasteiger partial charge in [0.15, 0.2) is 0 Å². The zero-order chi connectivity index (χ0) is 38.9. The molecule has 0 saturated carbocycles. The molecule has 2 heterocycles. The molecule has 0 bridgehead atoms. The molecular weight excluding hydrogens is 776 g/mol. The van der Waals surface area contributed by atoms with Crippen LogP contribution in [-0.2, 0) is 33.8 Å². The number of ether oxygens (including phenoxy) is 1. The molecule has 0 spiro atoms. The molecule has 1 unspecified atom stereocenters. The molecule has 282 valence electrons. The van der Waals surface area contributed by atoms with Crippen molar-refractivity contribution in [3.05, 3.63) is 152 Å². The van der Waals surface area contributed by atoms with Crippen LogP contribution in [-0.4, -0.2) is 47.5 Å². The molecule has 3 amide bonds. The normalized spacial score (nSPS) is 13.3. The number of nitrogens with one attached hydrogen (secondary N) is 3.